The molecule has 7 nitrogen and oxygen atoms in total. The quantitative estimate of drug-likeness (QED) is 0.418. The van der Waals surface area contributed by atoms with Gasteiger partial charge in [0.1, 0.15) is 0 Å². The number of hydrogen-bond donors (Lipinski definition) is 1. The average molecular weight is 336 g/mol. The van der Waals surface area contributed by atoms with E-state index in [1.165, 1.54) is 0 Å². The van der Waals surface area contributed by atoms with Crippen molar-refractivity contribution in [3.63, 3.8) is 0 Å². The molecule has 1 saturated heterocycles. The van der Waals surface area contributed by atoms with Crippen LogP contribution in [0.2, 0.25) is 0 Å². The molecular weight excluding hydrogens is 312 g/mol. The molecule has 0 unspecified atom stereocenters. The maximum absolute atomic E-state index is 12.2. The van der Waals surface area contributed by atoms with Gasteiger partial charge in [0.05, 0.1) is 18.3 Å². The maximum atomic E-state index is 12.2. The fourth-order valence-corrected chi connectivity index (χ4v) is 2.88. The molecule has 2 atom stereocenters. The van der Waals surface area contributed by atoms with E-state index in [1.54, 1.807) is 0 Å². The molecular formula is C17H24N2O5. The van der Waals surface area contributed by atoms with Crippen LogP contribution in [0.1, 0.15) is 33.1 Å². The van der Waals surface area contributed by atoms with Crippen molar-refractivity contribution in [3.05, 3.63) is 12.2 Å². The highest BCUT2D eigenvalue weighted by Crippen LogP contribution is 2.34. The first-order valence-electron chi connectivity index (χ1n) is 8.32. The fourth-order valence-electron chi connectivity index (χ4n) is 2.88. The molecule has 1 aliphatic carbocycles. The highest BCUT2D eigenvalue weighted by Gasteiger charge is 2.46. The summed E-state index contributed by atoms with van der Waals surface area (Å²) in [6.07, 6.45) is 4.89. The molecule has 2 aliphatic rings. The van der Waals surface area contributed by atoms with Crippen LogP contribution < -0.4 is 5.32 Å². The fraction of sp³-hybridized carbons (Fsp3) is 0.647. The molecule has 0 aromatic rings. The number of carbonyl (C=O) groups excluding carboxylic acids is 4. The number of nitrogens with one attached hydrogen (secondary N) is 1. The molecule has 0 saturated carbocycles. The molecule has 0 radical (unpaired) electrons. The summed E-state index contributed by atoms with van der Waals surface area (Å²) in [6, 6.07) is 0. The normalized spacial score (nSPS) is 22.7. The third kappa shape index (κ3) is 4.43. The summed E-state index contributed by atoms with van der Waals surface area (Å²) in [4.78, 5) is 48.8. The molecule has 1 aliphatic heterocycles. The first kappa shape index (κ1) is 18.2. The minimum Gasteiger partial charge on any atom is -0.456 e. The van der Waals surface area contributed by atoms with E-state index >= 15 is 0 Å². The zero-order valence-electron chi connectivity index (χ0n) is 14.1. The lowest BCUT2D eigenvalue weighted by Gasteiger charge is -2.14. The number of carbonyl (C=O) groups is 4. The number of esters is 1. The molecule has 0 spiro atoms. The number of likely N-dealkylation sites (tertiary alicyclic amines) is 1. The van der Waals surface area contributed by atoms with Gasteiger partial charge in [0.2, 0.25) is 11.8 Å². The Hall–Kier alpha value is -2.18. The topological polar surface area (TPSA) is 92.8 Å². The van der Waals surface area contributed by atoms with Gasteiger partial charge in [0.15, 0.2) is 6.61 Å². The van der Waals surface area contributed by atoms with Crippen molar-refractivity contribution >= 4 is 23.7 Å². The summed E-state index contributed by atoms with van der Waals surface area (Å²) < 4.78 is 4.87. The van der Waals surface area contributed by atoms with E-state index in [0.29, 0.717) is 25.3 Å². The standard InChI is InChI=1S/C17H24N2O5/c1-11(2)9-18-14(20)10-24-15(21)7-8-19-16(22)12-5-3-4-6-13(12)17(19)23/h3-4,11-13H,5-10H2,1-2H3,(H,18,20)/t12-,13-/m1/s1. The van der Waals surface area contributed by atoms with Gasteiger partial charge in [-0.05, 0) is 18.8 Å². The number of hydrogen-bond acceptors (Lipinski definition) is 5. The Balaban J connectivity index is 1.73. The zero-order chi connectivity index (χ0) is 17.7. The SMILES string of the molecule is CC(C)CNC(=O)COC(=O)CCN1C(=O)[C@@H]2CC=CC[C@H]2C1=O. The Labute approximate surface area is 141 Å². The summed E-state index contributed by atoms with van der Waals surface area (Å²) >= 11 is 0. The Morgan fingerprint density at radius 3 is 2.33 bits per heavy atom. The predicted octanol–water partition coefficient (Wildman–Crippen LogP) is 0.643. The van der Waals surface area contributed by atoms with Gasteiger partial charge < -0.3 is 10.1 Å². The summed E-state index contributed by atoms with van der Waals surface area (Å²) in [5.74, 6) is -1.64. The largest absolute Gasteiger partial charge is 0.456 e. The zero-order valence-corrected chi connectivity index (χ0v) is 14.1. The third-order valence-corrected chi connectivity index (χ3v) is 4.21. The van der Waals surface area contributed by atoms with Crippen LogP contribution in [0.5, 0.6) is 0 Å². The highest BCUT2D eigenvalue weighted by atomic mass is 16.5. The first-order valence-corrected chi connectivity index (χ1v) is 8.32. The van der Waals surface area contributed by atoms with Crippen molar-refractivity contribution in [1.29, 1.82) is 0 Å². The van der Waals surface area contributed by atoms with Gasteiger partial charge in [0.25, 0.3) is 5.91 Å². The number of rotatable bonds is 7. The second kappa shape index (κ2) is 8.08. The van der Waals surface area contributed by atoms with E-state index in [1.807, 2.05) is 26.0 Å². The van der Waals surface area contributed by atoms with Crippen molar-refractivity contribution in [2.75, 3.05) is 19.7 Å². The summed E-state index contributed by atoms with van der Waals surface area (Å²) in [5, 5.41) is 2.64. The number of allylic oxidation sites excluding steroid dienone is 2. The van der Waals surface area contributed by atoms with Gasteiger partial charge in [-0.25, -0.2) is 0 Å². The molecule has 132 valence electrons. The maximum Gasteiger partial charge on any atom is 0.308 e. The van der Waals surface area contributed by atoms with E-state index in [-0.39, 0.29) is 49.1 Å². The monoisotopic (exact) mass is 336 g/mol. The van der Waals surface area contributed by atoms with Crippen LogP contribution in [-0.2, 0) is 23.9 Å². The van der Waals surface area contributed by atoms with Crippen LogP contribution in [0.15, 0.2) is 12.2 Å². The lowest BCUT2D eigenvalue weighted by molar-refractivity contribution is -0.150. The predicted molar refractivity (Wildman–Crippen MR) is 85.5 cm³/mol. The molecule has 0 aromatic carbocycles. The number of nitrogens with zero attached hydrogens (tertiary/aromatic N) is 1. The number of ether oxygens (including phenoxy) is 1. The molecule has 1 fully saturated rings. The molecule has 1 heterocycles. The summed E-state index contributed by atoms with van der Waals surface area (Å²) in [6.45, 7) is 4.11. The van der Waals surface area contributed by atoms with Gasteiger partial charge in [-0.1, -0.05) is 26.0 Å². The van der Waals surface area contributed by atoms with Gasteiger partial charge >= 0.3 is 5.97 Å². The van der Waals surface area contributed by atoms with Crippen LogP contribution in [0.25, 0.3) is 0 Å². The average Bonchev–Trinajstić information content (AvgIpc) is 2.80. The third-order valence-electron chi connectivity index (χ3n) is 4.21. The van der Waals surface area contributed by atoms with Crippen LogP contribution in [0.4, 0.5) is 0 Å². The van der Waals surface area contributed by atoms with Gasteiger partial charge in [0, 0.05) is 13.1 Å². The Kier molecular flexibility index (Phi) is 6.11. The van der Waals surface area contributed by atoms with E-state index in [9.17, 15) is 19.2 Å². The van der Waals surface area contributed by atoms with Crippen LogP contribution in [0.3, 0.4) is 0 Å². The molecule has 24 heavy (non-hydrogen) atoms. The minimum atomic E-state index is -0.594. The molecule has 0 bridgehead atoms. The summed E-state index contributed by atoms with van der Waals surface area (Å²) in [5.41, 5.74) is 0. The second-order valence-corrected chi connectivity index (χ2v) is 6.59. The smallest absolute Gasteiger partial charge is 0.308 e. The van der Waals surface area contributed by atoms with Gasteiger partial charge in [-0.2, -0.15) is 0 Å². The first-order chi connectivity index (χ1) is 11.4. The van der Waals surface area contributed by atoms with E-state index in [0.717, 1.165) is 4.90 Å². The molecule has 0 aromatic heterocycles. The van der Waals surface area contributed by atoms with Crippen molar-refractivity contribution in [2.45, 2.75) is 33.1 Å². The van der Waals surface area contributed by atoms with Crippen LogP contribution in [0, 0.1) is 17.8 Å². The van der Waals surface area contributed by atoms with E-state index < -0.39 is 5.97 Å². The minimum absolute atomic E-state index is 0.0110. The van der Waals surface area contributed by atoms with Crippen molar-refractivity contribution < 1.29 is 23.9 Å². The van der Waals surface area contributed by atoms with Crippen molar-refractivity contribution in [2.24, 2.45) is 17.8 Å². The van der Waals surface area contributed by atoms with Crippen LogP contribution in [-0.4, -0.2) is 48.3 Å². The van der Waals surface area contributed by atoms with E-state index in [2.05, 4.69) is 5.32 Å². The molecule has 3 amide bonds. The Bertz CT molecular complexity index is 529. The van der Waals surface area contributed by atoms with E-state index in [4.69, 9.17) is 4.74 Å². The molecule has 2 rings (SSSR count). The Morgan fingerprint density at radius 1 is 1.21 bits per heavy atom. The van der Waals surface area contributed by atoms with Crippen molar-refractivity contribution in [1.82, 2.24) is 10.2 Å². The van der Waals surface area contributed by atoms with Crippen LogP contribution >= 0.6 is 0 Å². The number of imide groups is 1. The number of amides is 3. The lowest BCUT2D eigenvalue weighted by atomic mass is 9.85. The van der Waals surface area contributed by atoms with Crippen molar-refractivity contribution in [3.8, 4) is 0 Å². The summed E-state index contributed by atoms with van der Waals surface area (Å²) in [7, 11) is 0. The Morgan fingerprint density at radius 2 is 1.79 bits per heavy atom. The van der Waals surface area contributed by atoms with Gasteiger partial charge in [-0.15, -0.1) is 0 Å². The number of fused-ring (bicyclic) bond motifs is 1. The second-order valence-electron chi connectivity index (χ2n) is 6.59. The highest BCUT2D eigenvalue weighted by molar-refractivity contribution is 6.05. The molecule has 1 N–H and O–H groups in total. The molecule has 7 heteroatoms. The lowest BCUT2D eigenvalue weighted by Crippen LogP contribution is -2.34. The van der Waals surface area contributed by atoms with Gasteiger partial charge in [-0.3, -0.25) is 24.1 Å².